The van der Waals surface area contributed by atoms with Gasteiger partial charge in [0.1, 0.15) is 0 Å². The van der Waals surface area contributed by atoms with Gasteiger partial charge < -0.3 is 0 Å². The molecule has 0 radical (unpaired) electrons. The van der Waals surface area contributed by atoms with Crippen molar-refractivity contribution in [3.63, 3.8) is 0 Å². The van der Waals surface area contributed by atoms with Crippen LogP contribution in [0.3, 0.4) is 0 Å². The van der Waals surface area contributed by atoms with Crippen LogP contribution in [0, 0.1) is 0 Å². The van der Waals surface area contributed by atoms with Crippen molar-refractivity contribution in [3.05, 3.63) is 29.5 Å². The normalized spacial score (nSPS) is 12.7. The van der Waals surface area contributed by atoms with Crippen molar-refractivity contribution in [1.82, 2.24) is 4.98 Å². The van der Waals surface area contributed by atoms with Crippen molar-refractivity contribution in [2.24, 2.45) is 0 Å². The molecule has 0 aliphatic carbocycles. The number of hydrogen-bond donors (Lipinski definition) is 0. The van der Waals surface area contributed by atoms with Crippen LogP contribution < -0.4 is 0 Å². The minimum atomic E-state index is -0.0378. The highest BCUT2D eigenvalue weighted by molar-refractivity contribution is 6.30. The van der Waals surface area contributed by atoms with Crippen molar-refractivity contribution in [3.8, 4) is 0 Å². The second-order valence-electron chi connectivity index (χ2n) is 1.03. The smallest absolute Gasteiger partial charge is 0.0856 e. The van der Waals surface area contributed by atoms with Gasteiger partial charge in [-0.1, -0.05) is 11.6 Å². The standard InChI is InChI=1S/C5H4ClN/c6-5-2-1-3-7-4-5/h1-4H/i3D,4D. The summed E-state index contributed by atoms with van der Waals surface area (Å²) >= 11 is 5.45. The van der Waals surface area contributed by atoms with E-state index in [1.807, 2.05) is 0 Å². The molecule has 0 aromatic carbocycles. The van der Waals surface area contributed by atoms with Crippen molar-refractivity contribution < 1.29 is 2.74 Å². The Bertz CT molecular complexity index is 226. The predicted molar refractivity (Wildman–Crippen MR) is 29.2 cm³/mol. The fraction of sp³-hybridized carbons (Fsp3) is 0. The van der Waals surface area contributed by atoms with Crippen molar-refractivity contribution in [2.45, 2.75) is 0 Å². The average Bonchev–Trinajstić information content (AvgIpc) is 1.80. The van der Waals surface area contributed by atoms with Crippen molar-refractivity contribution in [1.29, 1.82) is 0 Å². The maximum Gasteiger partial charge on any atom is 0.0856 e. The van der Waals surface area contributed by atoms with Gasteiger partial charge in [0.25, 0.3) is 0 Å². The maximum atomic E-state index is 7.00. The molecule has 2 heteroatoms. The topological polar surface area (TPSA) is 12.9 Å². The Labute approximate surface area is 49.8 Å². The molecule has 1 nitrogen and oxygen atoms in total. The molecular formula is C5H4ClN. The molecule has 1 heterocycles. The van der Waals surface area contributed by atoms with Crippen LogP contribution in [0.4, 0.5) is 0 Å². The third kappa shape index (κ3) is 1.16. The van der Waals surface area contributed by atoms with E-state index in [-0.39, 0.29) is 17.4 Å². The van der Waals surface area contributed by atoms with E-state index >= 15 is 0 Å². The SMILES string of the molecule is [2H]c1ccc(Cl)c([2H])n1. The summed E-state index contributed by atoms with van der Waals surface area (Å²) < 4.78 is 13.9. The van der Waals surface area contributed by atoms with E-state index in [9.17, 15) is 0 Å². The first-order valence-corrected chi connectivity index (χ1v) is 2.17. The molecule has 1 aromatic heterocycles. The molecule has 7 heavy (non-hydrogen) atoms. The van der Waals surface area contributed by atoms with Crippen LogP contribution in [0.15, 0.2) is 24.5 Å². The van der Waals surface area contributed by atoms with Gasteiger partial charge in [0.05, 0.1) is 7.76 Å². The number of hydrogen-bond acceptors (Lipinski definition) is 1. The number of rotatable bonds is 0. The summed E-state index contributed by atoms with van der Waals surface area (Å²) in [5.41, 5.74) is 0. The van der Waals surface area contributed by atoms with E-state index in [0.29, 0.717) is 0 Å². The zero-order valence-corrected chi connectivity index (χ0v) is 4.24. The minimum Gasteiger partial charge on any atom is -0.263 e. The van der Waals surface area contributed by atoms with E-state index in [1.165, 1.54) is 12.1 Å². The average molecular weight is 116 g/mol. The number of aromatic nitrogens is 1. The summed E-state index contributed by atoms with van der Waals surface area (Å²) in [6.45, 7) is 0. The van der Waals surface area contributed by atoms with Gasteiger partial charge in [0.2, 0.25) is 0 Å². The fourth-order valence-corrected chi connectivity index (χ4v) is 0.376. The van der Waals surface area contributed by atoms with E-state index in [1.54, 1.807) is 0 Å². The molecule has 0 atom stereocenters. The van der Waals surface area contributed by atoms with Crippen LogP contribution in [0.25, 0.3) is 0 Å². The molecule has 1 rings (SSSR count). The minimum absolute atomic E-state index is 0.0378. The van der Waals surface area contributed by atoms with E-state index in [0.717, 1.165) is 0 Å². The molecular weight excluding hydrogens is 110 g/mol. The lowest BCUT2D eigenvalue weighted by molar-refractivity contribution is 1.33. The molecule has 0 saturated heterocycles. The van der Waals surface area contributed by atoms with Gasteiger partial charge in [0, 0.05) is 12.3 Å². The summed E-state index contributed by atoms with van der Waals surface area (Å²) in [6, 6.07) is 2.93. The van der Waals surface area contributed by atoms with Crippen LogP contribution >= 0.6 is 11.6 Å². The van der Waals surface area contributed by atoms with Gasteiger partial charge in [-0.05, 0) is 12.1 Å². The summed E-state index contributed by atoms with van der Waals surface area (Å²) in [5, 5.41) is 0.283. The molecule has 0 N–H and O–H groups in total. The number of nitrogens with zero attached hydrogens (tertiary/aromatic N) is 1. The number of halogens is 1. The highest BCUT2D eigenvalue weighted by atomic mass is 35.5. The Morgan fingerprint density at radius 2 is 2.71 bits per heavy atom. The van der Waals surface area contributed by atoms with Crippen molar-refractivity contribution >= 4 is 11.6 Å². The predicted octanol–water partition coefficient (Wildman–Crippen LogP) is 1.73. The third-order valence-electron chi connectivity index (χ3n) is 0.531. The summed E-state index contributed by atoms with van der Waals surface area (Å²) in [7, 11) is 0. The quantitative estimate of drug-likeness (QED) is 0.502. The second kappa shape index (κ2) is 1.94. The van der Waals surface area contributed by atoms with Gasteiger partial charge in [0.15, 0.2) is 0 Å². The molecule has 0 amide bonds. The van der Waals surface area contributed by atoms with E-state index in [4.69, 9.17) is 14.3 Å². The van der Waals surface area contributed by atoms with Crippen molar-refractivity contribution in [2.75, 3.05) is 0 Å². The molecule has 36 valence electrons. The zero-order chi connectivity index (χ0) is 6.85. The monoisotopic (exact) mass is 115 g/mol. The molecule has 0 fully saturated rings. The fourth-order valence-electron chi connectivity index (χ4n) is 0.271. The Morgan fingerprint density at radius 1 is 1.86 bits per heavy atom. The summed E-state index contributed by atoms with van der Waals surface area (Å²) in [5.74, 6) is 0. The molecule has 0 saturated carbocycles. The third-order valence-corrected chi connectivity index (χ3v) is 0.742. The Hall–Kier alpha value is -0.560. The molecule has 0 unspecified atom stereocenters. The molecule has 0 spiro atoms. The molecule has 1 aromatic rings. The van der Waals surface area contributed by atoms with Gasteiger partial charge in [-0.2, -0.15) is 0 Å². The van der Waals surface area contributed by atoms with E-state index < -0.39 is 0 Å². The lowest BCUT2D eigenvalue weighted by Crippen LogP contribution is -1.64. The van der Waals surface area contributed by atoms with Crippen LogP contribution in [-0.4, -0.2) is 4.98 Å². The van der Waals surface area contributed by atoms with Crippen LogP contribution in [0.2, 0.25) is 5.02 Å². The first-order valence-electron chi connectivity index (χ1n) is 2.80. The Balaban J connectivity index is 3.17. The zero-order valence-electron chi connectivity index (χ0n) is 5.48. The summed E-state index contributed by atoms with van der Waals surface area (Å²) in [4.78, 5) is 3.47. The lowest BCUT2D eigenvalue weighted by Gasteiger charge is -1.79. The van der Waals surface area contributed by atoms with Gasteiger partial charge in [-0.25, -0.2) is 0 Å². The first kappa shape index (κ1) is 2.68. The highest BCUT2D eigenvalue weighted by Gasteiger charge is 1.76. The Kier molecular flexibility index (Phi) is 0.740. The lowest BCUT2D eigenvalue weighted by atomic mass is 10.5. The maximum absolute atomic E-state index is 7.00. The Morgan fingerprint density at radius 3 is 3.29 bits per heavy atom. The largest absolute Gasteiger partial charge is 0.263 e. The van der Waals surface area contributed by atoms with Gasteiger partial charge >= 0.3 is 0 Å². The summed E-state index contributed by atoms with van der Waals surface area (Å²) in [6.07, 6.45) is 0.0357. The van der Waals surface area contributed by atoms with E-state index in [2.05, 4.69) is 4.98 Å². The molecule has 0 bridgehead atoms. The van der Waals surface area contributed by atoms with Crippen LogP contribution in [0.1, 0.15) is 2.74 Å². The van der Waals surface area contributed by atoms with Crippen LogP contribution in [0.5, 0.6) is 0 Å². The molecule has 0 aliphatic rings. The molecule has 0 aliphatic heterocycles. The first-order chi connectivity index (χ1) is 4.20. The number of pyridine rings is 1. The van der Waals surface area contributed by atoms with Gasteiger partial charge in [-0.15, -0.1) is 0 Å². The second-order valence-corrected chi connectivity index (χ2v) is 1.44. The van der Waals surface area contributed by atoms with Crippen LogP contribution in [-0.2, 0) is 0 Å². The van der Waals surface area contributed by atoms with Gasteiger partial charge in [-0.3, -0.25) is 4.98 Å². The highest BCUT2D eigenvalue weighted by Crippen LogP contribution is 2.00.